The van der Waals surface area contributed by atoms with Crippen molar-refractivity contribution >= 4 is 0 Å². The third-order valence-electron chi connectivity index (χ3n) is 1.40. The van der Waals surface area contributed by atoms with Crippen LogP contribution in [0, 0.1) is 13.8 Å². The Bertz CT molecular complexity index is 187. The lowest BCUT2D eigenvalue weighted by Gasteiger charge is -1.90. The fourth-order valence-electron chi connectivity index (χ4n) is 0.807. The number of aliphatic hydroxyl groups is 1. The first-order valence-corrected chi connectivity index (χ1v) is 4.34. The van der Waals surface area contributed by atoms with E-state index in [1.54, 1.807) is 0 Å². The summed E-state index contributed by atoms with van der Waals surface area (Å²) >= 11 is 0. The lowest BCUT2D eigenvalue weighted by molar-refractivity contribution is 0.295. The van der Waals surface area contributed by atoms with Gasteiger partial charge in [0.15, 0.2) is 0 Å². The predicted molar refractivity (Wildman–Crippen MR) is 53.3 cm³/mol. The van der Waals surface area contributed by atoms with E-state index in [1.165, 1.54) is 11.1 Å². The second kappa shape index (κ2) is 6.86. The summed E-state index contributed by atoms with van der Waals surface area (Å²) in [5.41, 5.74) is 2.68. The summed E-state index contributed by atoms with van der Waals surface area (Å²) in [5, 5.41) is 7.88. The summed E-state index contributed by atoms with van der Waals surface area (Å²) in [4.78, 5) is 0. The standard InChI is InChI=1S/C8H10.C3H8O/c1-7-4-3-5-8(2)6-7;1-2-3-4/h3-6H,1-2H3;4H,2-3H2,1H3. The van der Waals surface area contributed by atoms with Crippen LogP contribution >= 0.6 is 0 Å². The molecular weight excluding hydrogens is 148 g/mol. The second-order valence-corrected chi connectivity index (χ2v) is 2.88. The summed E-state index contributed by atoms with van der Waals surface area (Å²) in [6.45, 7) is 6.46. The Morgan fingerprint density at radius 3 is 1.75 bits per heavy atom. The molecule has 0 bridgehead atoms. The highest BCUT2D eigenvalue weighted by molar-refractivity contribution is 5.20. The van der Waals surface area contributed by atoms with E-state index >= 15 is 0 Å². The molecule has 1 nitrogen and oxygen atoms in total. The summed E-state index contributed by atoms with van der Waals surface area (Å²) in [5.74, 6) is 0. The van der Waals surface area contributed by atoms with Gasteiger partial charge in [0.2, 0.25) is 0 Å². The zero-order valence-corrected chi connectivity index (χ0v) is 8.17. The van der Waals surface area contributed by atoms with E-state index in [1.807, 2.05) is 6.92 Å². The van der Waals surface area contributed by atoms with Gasteiger partial charge in [-0.05, 0) is 20.3 Å². The zero-order valence-electron chi connectivity index (χ0n) is 8.17. The Morgan fingerprint density at radius 1 is 1.17 bits per heavy atom. The fraction of sp³-hybridized carbons (Fsp3) is 0.455. The maximum Gasteiger partial charge on any atom is 0.0428 e. The van der Waals surface area contributed by atoms with Gasteiger partial charge in [0.1, 0.15) is 0 Å². The van der Waals surface area contributed by atoms with Crippen LogP contribution in [0.2, 0.25) is 0 Å². The minimum atomic E-state index is 0.319. The quantitative estimate of drug-likeness (QED) is 0.680. The van der Waals surface area contributed by atoms with E-state index in [0.717, 1.165) is 6.42 Å². The minimum absolute atomic E-state index is 0.319. The summed E-state index contributed by atoms with van der Waals surface area (Å²) in [7, 11) is 0. The van der Waals surface area contributed by atoms with Crippen molar-refractivity contribution < 1.29 is 5.11 Å². The molecule has 0 saturated carbocycles. The summed E-state index contributed by atoms with van der Waals surface area (Å²) in [6, 6.07) is 8.45. The lowest BCUT2D eigenvalue weighted by atomic mass is 10.2. The highest BCUT2D eigenvalue weighted by Crippen LogP contribution is 2.00. The van der Waals surface area contributed by atoms with Crippen molar-refractivity contribution in [1.82, 2.24) is 0 Å². The van der Waals surface area contributed by atoms with Crippen molar-refractivity contribution in [3.05, 3.63) is 35.4 Å². The SMILES string of the molecule is CCCO.Cc1cccc(C)c1. The van der Waals surface area contributed by atoms with E-state index in [4.69, 9.17) is 5.11 Å². The molecule has 0 aliphatic heterocycles. The van der Waals surface area contributed by atoms with E-state index in [0.29, 0.717) is 6.61 Å². The first-order valence-electron chi connectivity index (χ1n) is 4.34. The molecule has 12 heavy (non-hydrogen) atoms. The van der Waals surface area contributed by atoms with Crippen LogP contribution in [0.5, 0.6) is 0 Å². The Kier molecular flexibility index (Phi) is 6.39. The van der Waals surface area contributed by atoms with Crippen LogP contribution in [0.3, 0.4) is 0 Å². The molecule has 0 saturated heterocycles. The van der Waals surface area contributed by atoms with E-state index < -0.39 is 0 Å². The van der Waals surface area contributed by atoms with Gasteiger partial charge in [0.25, 0.3) is 0 Å². The van der Waals surface area contributed by atoms with Crippen LogP contribution in [0.15, 0.2) is 24.3 Å². The molecule has 0 aromatic heterocycles. The van der Waals surface area contributed by atoms with Gasteiger partial charge < -0.3 is 5.11 Å². The van der Waals surface area contributed by atoms with Crippen molar-refractivity contribution in [1.29, 1.82) is 0 Å². The number of benzene rings is 1. The van der Waals surface area contributed by atoms with Gasteiger partial charge >= 0.3 is 0 Å². The average Bonchev–Trinajstić information content (AvgIpc) is 2.04. The number of rotatable bonds is 1. The van der Waals surface area contributed by atoms with E-state index in [2.05, 4.69) is 38.1 Å². The normalized spacial score (nSPS) is 8.67. The molecule has 1 aromatic carbocycles. The zero-order chi connectivity index (χ0) is 9.40. The summed E-state index contributed by atoms with van der Waals surface area (Å²) in [6.07, 6.45) is 0.875. The van der Waals surface area contributed by atoms with Gasteiger partial charge in [0.05, 0.1) is 0 Å². The van der Waals surface area contributed by atoms with Gasteiger partial charge in [-0.15, -0.1) is 0 Å². The minimum Gasteiger partial charge on any atom is -0.396 e. The molecule has 0 amide bonds. The first-order chi connectivity index (χ1) is 5.70. The van der Waals surface area contributed by atoms with E-state index in [9.17, 15) is 0 Å². The van der Waals surface area contributed by atoms with Crippen molar-refractivity contribution in [3.8, 4) is 0 Å². The molecule has 68 valence electrons. The third-order valence-corrected chi connectivity index (χ3v) is 1.40. The maximum absolute atomic E-state index is 7.88. The maximum atomic E-state index is 7.88. The Labute approximate surface area is 75.1 Å². The average molecular weight is 166 g/mol. The molecule has 1 aromatic rings. The Morgan fingerprint density at radius 2 is 1.58 bits per heavy atom. The number of aliphatic hydroxyl groups excluding tert-OH is 1. The van der Waals surface area contributed by atoms with Crippen molar-refractivity contribution in [2.45, 2.75) is 27.2 Å². The molecule has 0 fully saturated rings. The molecule has 1 N–H and O–H groups in total. The molecule has 1 rings (SSSR count). The summed E-state index contributed by atoms with van der Waals surface area (Å²) < 4.78 is 0. The number of hydrogen-bond donors (Lipinski definition) is 1. The van der Waals surface area contributed by atoms with Crippen LogP contribution in [0.25, 0.3) is 0 Å². The lowest BCUT2D eigenvalue weighted by Crippen LogP contribution is -1.71. The predicted octanol–water partition coefficient (Wildman–Crippen LogP) is 2.69. The highest BCUT2D eigenvalue weighted by atomic mass is 16.2. The molecule has 0 atom stereocenters. The number of aryl methyl sites for hydroxylation is 2. The van der Waals surface area contributed by atoms with Crippen molar-refractivity contribution in [2.24, 2.45) is 0 Å². The molecule has 0 aliphatic carbocycles. The molecule has 1 heteroatoms. The Hall–Kier alpha value is -0.820. The number of hydrogen-bond acceptors (Lipinski definition) is 1. The molecule has 0 radical (unpaired) electrons. The van der Waals surface area contributed by atoms with Gasteiger partial charge in [0, 0.05) is 6.61 Å². The van der Waals surface area contributed by atoms with Crippen LogP contribution in [0.4, 0.5) is 0 Å². The monoisotopic (exact) mass is 166 g/mol. The van der Waals surface area contributed by atoms with Crippen LogP contribution in [0.1, 0.15) is 24.5 Å². The van der Waals surface area contributed by atoms with Gasteiger partial charge in [-0.25, -0.2) is 0 Å². The molecule has 0 heterocycles. The highest BCUT2D eigenvalue weighted by Gasteiger charge is 1.80. The van der Waals surface area contributed by atoms with Gasteiger partial charge in [-0.2, -0.15) is 0 Å². The van der Waals surface area contributed by atoms with Crippen molar-refractivity contribution in [2.75, 3.05) is 6.61 Å². The molecular formula is C11H18O. The largest absolute Gasteiger partial charge is 0.396 e. The first kappa shape index (κ1) is 11.2. The smallest absolute Gasteiger partial charge is 0.0428 e. The van der Waals surface area contributed by atoms with Crippen molar-refractivity contribution in [3.63, 3.8) is 0 Å². The van der Waals surface area contributed by atoms with Gasteiger partial charge in [-0.1, -0.05) is 42.3 Å². The topological polar surface area (TPSA) is 20.2 Å². The second-order valence-electron chi connectivity index (χ2n) is 2.88. The third kappa shape index (κ3) is 5.93. The van der Waals surface area contributed by atoms with E-state index in [-0.39, 0.29) is 0 Å². The Balaban J connectivity index is 0.000000261. The molecule has 0 aliphatic rings. The van der Waals surface area contributed by atoms with Crippen LogP contribution in [-0.4, -0.2) is 11.7 Å². The van der Waals surface area contributed by atoms with Crippen LogP contribution < -0.4 is 0 Å². The molecule has 0 spiro atoms. The fourth-order valence-corrected chi connectivity index (χ4v) is 0.807. The molecule has 0 unspecified atom stereocenters. The van der Waals surface area contributed by atoms with Gasteiger partial charge in [-0.3, -0.25) is 0 Å². The van der Waals surface area contributed by atoms with Crippen LogP contribution in [-0.2, 0) is 0 Å².